The fourth-order valence-electron chi connectivity index (χ4n) is 2.57. The second-order valence-electron chi connectivity index (χ2n) is 9.19. The molecule has 0 heterocycles. The van der Waals surface area contributed by atoms with E-state index in [9.17, 15) is 14.4 Å². The van der Waals surface area contributed by atoms with Crippen LogP contribution in [-0.4, -0.2) is 41.6 Å². The molecule has 1 aromatic carbocycles. The molecule has 0 radical (unpaired) electrons. The van der Waals surface area contributed by atoms with Crippen LogP contribution >= 0.6 is 0 Å². The second-order valence-corrected chi connectivity index (χ2v) is 9.19. The van der Waals surface area contributed by atoms with Crippen molar-refractivity contribution in [2.75, 3.05) is 6.54 Å². The van der Waals surface area contributed by atoms with Gasteiger partial charge >= 0.3 is 11.9 Å². The Hall–Kier alpha value is -2.41. The van der Waals surface area contributed by atoms with Gasteiger partial charge in [0.2, 0.25) is 5.91 Å². The van der Waals surface area contributed by atoms with Crippen LogP contribution in [0, 0.1) is 0 Å². The number of hydrogen-bond acceptors (Lipinski definition) is 6. The summed E-state index contributed by atoms with van der Waals surface area (Å²) in [5.41, 5.74) is -0.169. The quantitative estimate of drug-likeness (QED) is 0.446. The number of esters is 2. The van der Waals surface area contributed by atoms with Crippen molar-refractivity contribution in [2.24, 2.45) is 0 Å². The predicted molar refractivity (Wildman–Crippen MR) is 116 cm³/mol. The molecule has 1 rings (SSSR count). The molecule has 0 aliphatic carbocycles. The summed E-state index contributed by atoms with van der Waals surface area (Å²) in [7, 11) is 0. The van der Waals surface area contributed by atoms with Crippen molar-refractivity contribution in [2.45, 2.75) is 84.6 Å². The Morgan fingerprint density at radius 3 is 2.07 bits per heavy atom. The maximum atomic E-state index is 12.5. The third-order valence-corrected chi connectivity index (χ3v) is 3.78. The smallest absolute Gasteiger partial charge is 0.329 e. The number of amides is 1. The van der Waals surface area contributed by atoms with Gasteiger partial charge in [-0.15, -0.1) is 0 Å². The van der Waals surface area contributed by atoms with E-state index in [0.29, 0.717) is 13.1 Å². The maximum Gasteiger partial charge on any atom is 0.329 e. The Morgan fingerprint density at radius 1 is 0.900 bits per heavy atom. The summed E-state index contributed by atoms with van der Waals surface area (Å²) in [5, 5.41) is 5.89. The van der Waals surface area contributed by atoms with E-state index in [0.717, 1.165) is 5.56 Å². The van der Waals surface area contributed by atoms with Gasteiger partial charge in [-0.1, -0.05) is 30.3 Å². The summed E-state index contributed by atoms with van der Waals surface area (Å²) in [6, 6.07) is 8.97. The Morgan fingerprint density at radius 2 is 1.50 bits per heavy atom. The predicted octanol–water partition coefficient (Wildman–Crippen LogP) is 3.11. The third-order valence-electron chi connectivity index (χ3n) is 3.78. The molecule has 0 aliphatic heterocycles. The normalized spacial score (nSPS) is 12.7. The average molecular weight is 421 g/mol. The first-order valence-electron chi connectivity index (χ1n) is 10.3. The highest BCUT2D eigenvalue weighted by Gasteiger charge is 2.28. The number of carbonyl (C=O) groups is 3. The summed E-state index contributed by atoms with van der Waals surface area (Å²) in [6.07, 6.45) is 0.333. The molecule has 7 nitrogen and oxygen atoms in total. The molecule has 0 aromatic heterocycles. The first kappa shape index (κ1) is 25.6. The van der Waals surface area contributed by atoms with Gasteiger partial charge in [-0.2, -0.15) is 0 Å². The molecule has 168 valence electrons. The number of hydrogen-bond donors (Lipinski definition) is 2. The lowest BCUT2D eigenvalue weighted by molar-refractivity contribution is -0.160. The van der Waals surface area contributed by atoms with Gasteiger partial charge in [0, 0.05) is 25.9 Å². The van der Waals surface area contributed by atoms with Gasteiger partial charge in [0.15, 0.2) is 0 Å². The summed E-state index contributed by atoms with van der Waals surface area (Å²) >= 11 is 0. The van der Waals surface area contributed by atoms with Crippen molar-refractivity contribution in [1.82, 2.24) is 10.6 Å². The van der Waals surface area contributed by atoms with Crippen molar-refractivity contribution < 1.29 is 23.9 Å². The lowest BCUT2D eigenvalue weighted by atomic mass is 10.1. The van der Waals surface area contributed by atoms with Gasteiger partial charge in [-0.05, 0) is 53.5 Å². The standard InChI is InChI=1S/C23H36N2O5/c1-22(2,3)29-20(27)13-12-18(21(28)30-23(4,5)6)25-19(26)14-15-24-16-17-10-8-7-9-11-17/h7-11,18,24H,12-16H2,1-6H3,(H,25,26)/t18-/m0/s1. The molecule has 1 aromatic rings. The number of benzene rings is 1. The average Bonchev–Trinajstić information content (AvgIpc) is 2.60. The first-order chi connectivity index (χ1) is 13.9. The number of carbonyl (C=O) groups excluding carboxylic acids is 3. The van der Waals surface area contributed by atoms with E-state index in [1.807, 2.05) is 30.3 Å². The Bertz CT molecular complexity index is 690. The molecular weight excluding hydrogens is 384 g/mol. The van der Waals surface area contributed by atoms with Crippen molar-refractivity contribution >= 4 is 17.8 Å². The molecular formula is C23H36N2O5. The highest BCUT2D eigenvalue weighted by molar-refractivity contribution is 5.85. The monoisotopic (exact) mass is 420 g/mol. The van der Waals surface area contributed by atoms with Crippen LogP contribution in [0.5, 0.6) is 0 Å². The summed E-state index contributed by atoms with van der Waals surface area (Å²) in [5.74, 6) is -1.26. The first-order valence-corrected chi connectivity index (χ1v) is 10.3. The molecule has 0 bridgehead atoms. The molecule has 0 saturated heterocycles. The molecule has 30 heavy (non-hydrogen) atoms. The van der Waals surface area contributed by atoms with E-state index in [2.05, 4.69) is 10.6 Å². The lowest BCUT2D eigenvalue weighted by Crippen LogP contribution is -2.45. The van der Waals surface area contributed by atoms with Crippen LogP contribution in [0.25, 0.3) is 0 Å². The molecule has 0 saturated carbocycles. The van der Waals surface area contributed by atoms with Gasteiger partial charge in [0.1, 0.15) is 17.2 Å². The van der Waals surface area contributed by atoms with E-state index in [1.165, 1.54) is 0 Å². The van der Waals surface area contributed by atoms with Crippen molar-refractivity contribution in [3.8, 4) is 0 Å². The minimum atomic E-state index is -0.904. The van der Waals surface area contributed by atoms with E-state index in [-0.39, 0.29) is 25.2 Å². The fourth-order valence-corrected chi connectivity index (χ4v) is 2.57. The van der Waals surface area contributed by atoms with Crippen LogP contribution in [0.1, 0.15) is 66.4 Å². The zero-order valence-corrected chi connectivity index (χ0v) is 19.0. The molecule has 0 fully saturated rings. The van der Waals surface area contributed by atoms with E-state index in [4.69, 9.17) is 9.47 Å². The molecule has 0 aliphatic rings. The zero-order chi connectivity index (χ0) is 22.8. The van der Waals surface area contributed by atoms with Crippen LogP contribution in [-0.2, 0) is 30.4 Å². The van der Waals surface area contributed by atoms with E-state index >= 15 is 0 Å². The summed E-state index contributed by atoms with van der Waals surface area (Å²) in [4.78, 5) is 36.8. The topological polar surface area (TPSA) is 93.7 Å². The Kier molecular flexibility index (Phi) is 9.99. The SMILES string of the molecule is CC(C)(C)OC(=O)CC[C@H](NC(=O)CCNCc1ccccc1)C(=O)OC(C)(C)C. The van der Waals surface area contributed by atoms with Crippen LogP contribution in [0.3, 0.4) is 0 Å². The highest BCUT2D eigenvalue weighted by atomic mass is 16.6. The maximum absolute atomic E-state index is 12.5. The molecule has 1 amide bonds. The fraction of sp³-hybridized carbons (Fsp3) is 0.609. The Balaban J connectivity index is 2.55. The van der Waals surface area contributed by atoms with E-state index < -0.39 is 29.2 Å². The van der Waals surface area contributed by atoms with Crippen LogP contribution in [0.4, 0.5) is 0 Å². The highest BCUT2D eigenvalue weighted by Crippen LogP contribution is 2.13. The number of rotatable bonds is 10. The van der Waals surface area contributed by atoms with Gasteiger partial charge in [-0.3, -0.25) is 9.59 Å². The van der Waals surface area contributed by atoms with Crippen molar-refractivity contribution in [1.29, 1.82) is 0 Å². The van der Waals surface area contributed by atoms with Gasteiger partial charge in [0.25, 0.3) is 0 Å². The molecule has 2 N–H and O–H groups in total. The molecule has 0 unspecified atom stereocenters. The number of ether oxygens (including phenoxy) is 2. The Labute approximate surface area is 179 Å². The molecule has 1 atom stereocenters. The summed E-state index contributed by atoms with van der Waals surface area (Å²) in [6.45, 7) is 11.7. The zero-order valence-electron chi connectivity index (χ0n) is 19.0. The molecule has 7 heteroatoms. The van der Waals surface area contributed by atoms with Crippen molar-refractivity contribution in [3.63, 3.8) is 0 Å². The minimum absolute atomic E-state index is 0.00766. The van der Waals surface area contributed by atoms with Crippen LogP contribution in [0.15, 0.2) is 30.3 Å². The molecule has 0 spiro atoms. The lowest BCUT2D eigenvalue weighted by Gasteiger charge is -2.25. The minimum Gasteiger partial charge on any atom is -0.460 e. The van der Waals surface area contributed by atoms with Crippen molar-refractivity contribution in [3.05, 3.63) is 35.9 Å². The second kappa shape index (κ2) is 11.7. The largest absolute Gasteiger partial charge is 0.460 e. The van der Waals surface area contributed by atoms with Crippen LogP contribution in [0.2, 0.25) is 0 Å². The van der Waals surface area contributed by atoms with E-state index in [1.54, 1.807) is 41.5 Å². The van der Waals surface area contributed by atoms with Gasteiger partial charge < -0.3 is 20.1 Å². The third kappa shape index (κ3) is 12.2. The van der Waals surface area contributed by atoms with Crippen LogP contribution < -0.4 is 10.6 Å². The number of nitrogens with one attached hydrogen (secondary N) is 2. The van der Waals surface area contributed by atoms with Gasteiger partial charge in [-0.25, -0.2) is 4.79 Å². The summed E-state index contributed by atoms with van der Waals surface area (Å²) < 4.78 is 10.7. The van der Waals surface area contributed by atoms with Gasteiger partial charge in [0.05, 0.1) is 0 Å².